The van der Waals surface area contributed by atoms with Crippen molar-refractivity contribution < 1.29 is 9.32 Å². The minimum atomic E-state index is -0.206. The summed E-state index contributed by atoms with van der Waals surface area (Å²) < 4.78 is 5.10. The maximum atomic E-state index is 12.0. The fourth-order valence-electron chi connectivity index (χ4n) is 1.88. The topological polar surface area (TPSA) is 55.1 Å². The molecule has 1 aromatic carbocycles. The number of carbonyl (C=O) groups excluding carboxylic acids is 1. The van der Waals surface area contributed by atoms with Gasteiger partial charge >= 0.3 is 0 Å². The van der Waals surface area contributed by atoms with Crippen molar-refractivity contribution in [3.63, 3.8) is 0 Å². The van der Waals surface area contributed by atoms with Gasteiger partial charge in [0.05, 0.1) is 6.04 Å². The third-order valence-corrected chi connectivity index (χ3v) is 2.94. The lowest BCUT2D eigenvalue weighted by atomic mass is 10.1. The van der Waals surface area contributed by atoms with E-state index >= 15 is 0 Å². The molecule has 0 aliphatic rings. The zero-order valence-corrected chi connectivity index (χ0v) is 11.2. The van der Waals surface area contributed by atoms with E-state index in [1.165, 1.54) is 0 Å². The summed E-state index contributed by atoms with van der Waals surface area (Å²) in [4.78, 5) is 12.0. The predicted octanol–water partition coefficient (Wildman–Crippen LogP) is 3.12. The summed E-state index contributed by atoms with van der Waals surface area (Å²) in [7, 11) is 0. The molecular weight excluding hydrogens is 240 g/mol. The zero-order chi connectivity index (χ0) is 13.7. The van der Waals surface area contributed by atoms with Crippen LogP contribution in [0.15, 0.2) is 40.9 Å². The molecule has 1 heterocycles. The highest BCUT2D eigenvalue weighted by Gasteiger charge is 2.15. The summed E-state index contributed by atoms with van der Waals surface area (Å²) in [5, 5.41) is 6.70. The van der Waals surface area contributed by atoms with Gasteiger partial charge < -0.3 is 9.84 Å². The summed E-state index contributed by atoms with van der Waals surface area (Å²) in [6.45, 7) is 4.00. The molecule has 4 heteroatoms. The standard InChI is InChI=1S/C15H18N2O2/c1-3-7-13-10-14(17-19-13)15(18)16-11(2)12-8-5-4-6-9-12/h4-6,8-11H,3,7H2,1-2H3,(H,16,18). The Labute approximate surface area is 112 Å². The predicted molar refractivity (Wildman–Crippen MR) is 72.8 cm³/mol. The van der Waals surface area contributed by atoms with Gasteiger partial charge in [-0.15, -0.1) is 0 Å². The third-order valence-electron chi connectivity index (χ3n) is 2.94. The normalized spacial score (nSPS) is 12.1. The minimum absolute atomic E-state index is 0.0555. The van der Waals surface area contributed by atoms with Crippen LogP contribution in [-0.2, 0) is 6.42 Å². The van der Waals surface area contributed by atoms with Crippen molar-refractivity contribution in [1.29, 1.82) is 0 Å². The molecule has 1 unspecified atom stereocenters. The monoisotopic (exact) mass is 258 g/mol. The van der Waals surface area contributed by atoms with Crippen molar-refractivity contribution in [2.24, 2.45) is 0 Å². The number of aromatic nitrogens is 1. The van der Waals surface area contributed by atoms with E-state index in [9.17, 15) is 4.79 Å². The van der Waals surface area contributed by atoms with Gasteiger partial charge in [-0.05, 0) is 18.9 Å². The number of amides is 1. The maximum Gasteiger partial charge on any atom is 0.273 e. The first kappa shape index (κ1) is 13.3. The molecule has 1 amide bonds. The lowest BCUT2D eigenvalue weighted by Gasteiger charge is -2.12. The lowest BCUT2D eigenvalue weighted by molar-refractivity contribution is 0.0930. The van der Waals surface area contributed by atoms with Gasteiger partial charge in [0.25, 0.3) is 5.91 Å². The van der Waals surface area contributed by atoms with Crippen molar-refractivity contribution in [3.05, 3.63) is 53.4 Å². The molecule has 2 rings (SSSR count). The van der Waals surface area contributed by atoms with Gasteiger partial charge in [0.15, 0.2) is 5.69 Å². The Morgan fingerprint density at radius 3 is 2.79 bits per heavy atom. The molecule has 19 heavy (non-hydrogen) atoms. The van der Waals surface area contributed by atoms with Crippen molar-refractivity contribution in [3.8, 4) is 0 Å². The van der Waals surface area contributed by atoms with Crippen LogP contribution in [-0.4, -0.2) is 11.1 Å². The van der Waals surface area contributed by atoms with Crippen molar-refractivity contribution in [2.75, 3.05) is 0 Å². The molecule has 2 aromatic rings. The average Bonchev–Trinajstić information content (AvgIpc) is 2.89. The summed E-state index contributed by atoms with van der Waals surface area (Å²) >= 11 is 0. The highest BCUT2D eigenvalue weighted by Crippen LogP contribution is 2.13. The van der Waals surface area contributed by atoms with E-state index in [-0.39, 0.29) is 11.9 Å². The molecule has 0 aliphatic heterocycles. The molecule has 0 saturated heterocycles. The minimum Gasteiger partial charge on any atom is -0.361 e. The summed E-state index contributed by atoms with van der Waals surface area (Å²) in [6.07, 6.45) is 1.77. The van der Waals surface area contributed by atoms with Crippen molar-refractivity contribution >= 4 is 5.91 Å². The second-order valence-electron chi connectivity index (χ2n) is 4.53. The first-order valence-corrected chi connectivity index (χ1v) is 6.52. The van der Waals surface area contributed by atoms with E-state index in [1.54, 1.807) is 6.07 Å². The van der Waals surface area contributed by atoms with Crippen LogP contribution >= 0.6 is 0 Å². The van der Waals surface area contributed by atoms with Crippen LogP contribution in [0.2, 0.25) is 0 Å². The van der Waals surface area contributed by atoms with Gasteiger partial charge in [0.1, 0.15) is 5.76 Å². The highest BCUT2D eigenvalue weighted by molar-refractivity contribution is 5.92. The van der Waals surface area contributed by atoms with Crippen LogP contribution in [0.25, 0.3) is 0 Å². The number of nitrogens with zero attached hydrogens (tertiary/aromatic N) is 1. The molecule has 1 aromatic heterocycles. The van der Waals surface area contributed by atoms with E-state index in [4.69, 9.17) is 4.52 Å². The van der Waals surface area contributed by atoms with E-state index in [2.05, 4.69) is 17.4 Å². The molecule has 100 valence electrons. The van der Waals surface area contributed by atoms with Gasteiger partial charge in [-0.2, -0.15) is 0 Å². The fraction of sp³-hybridized carbons (Fsp3) is 0.333. The Hall–Kier alpha value is -2.10. The van der Waals surface area contributed by atoms with E-state index in [0.29, 0.717) is 5.69 Å². The fourth-order valence-corrected chi connectivity index (χ4v) is 1.88. The van der Waals surface area contributed by atoms with Crippen LogP contribution < -0.4 is 5.32 Å². The molecule has 0 radical (unpaired) electrons. The Kier molecular flexibility index (Phi) is 4.34. The van der Waals surface area contributed by atoms with Gasteiger partial charge in [-0.25, -0.2) is 0 Å². The Balaban J connectivity index is 2.00. The quantitative estimate of drug-likeness (QED) is 0.896. The third kappa shape index (κ3) is 3.44. The first-order valence-electron chi connectivity index (χ1n) is 6.52. The number of benzene rings is 1. The Morgan fingerprint density at radius 1 is 1.37 bits per heavy atom. The number of aryl methyl sites for hydroxylation is 1. The molecule has 1 atom stereocenters. The maximum absolute atomic E-state index is 12.0. The van der Waals surface area contributed by atoms with Crippen molar-refractivity contribution in [1.82, 2.24) is 10.5 Å². The lowest BCUT2D eigenvalue weighted by Crippen LogP contribution is -2.26. The molecule has 4 nitrogen and oxygen atoms in total. The number of nitrogens with one attached hydrogen (secondary N) is 1. The Morgan fingerprint density at radius 2 is 2.11 bits per heavy atom. The second-order valence-corrected chi connectivity index (χ2v) is 4.53. The SMILES string of the molecule is CCCc1cc(C(=O)NC(C)c2ccccc2)no1. The molecule has 0 aliphatic carbocycles. The number of hydrogen-bond acceptors (Lipinski definition) is 3. The largest absolute Gasteiger partial charge is 0.361 e. The van der Waals surface area contributed by atoms with Crippen molar-refractivity contribution in [2.45, 2.75) is 32.7 Å². The molecule has 0 spiro atoms. The van der Waals surface area contributed by atoms with Crippen LogP contribution in [0.5, 0.6) is 0 Å². The van der Waals surface area contributed by atoms with E-state index in [0.717, 1.165) is 24.2 Å². The number of carbonyl (C=O) groups is 1. The number of hydrogen-bond donors (Lipinski definition) is 1. The van der Waals surface area contributed by atoms with Crippen LogP contribution in [0.4, 0.5) is 0 Å². The van der Waals surface area contributed by atoms with Crippen LogP contribution in [0.3, 0.4) is 0 Å². The molecule has 0 saturated carbocycles. The average molecular weight is 258 g/mol. The van der Waals surface area contributed by atoms with Gasteiger partial charge in [-0.1, -0.05) is 42.4 Å². The first-order chi connectivity index (χ1) is 9.20. The van der Waals surface area contributed by atoms with Gasteiger partial charge in [0.2, 0.25) is 0 Å². The molecule has 0 fully saturated rings. The molecule has 1 N–H and O–H groups in total. The van der Waals surface area contributed by atoms with E-state index < -0.39 is 0 Å². The summed E-state index contributed by atoms with van der Waals surface area (Å²) in [5.74, 6) is 0.544. The van der Waals surface area contributed by atoms with E-state index in [1.807, 2.05) is 37.3 Å². The molecular formula is C15H18N2O2. The van der Waals surface area contributed by atoms with Gasteiger partial charge in [0, 0.05) is 12.5 Å². The molecule has 0 bridgehead atoms. The summed E-state index contributed by atoms with van der Waals surface area (Å²) in [5.41, 5.74) is 1.40. The highest BCUT2D eigenvalue weighted by atomic mass is 16.5. The number of rotatable bonds is 5. The van der Waals surface area contributed by atoms with Crippen LogP contribution in [0, 0.1) is 0 Å². The smallest absolute Gasteiger partial charge is 0.273 e. The van der Waals surface area contributed by atoms with Gasteiger partial charge in [-0.3, -0.25) is 4.79 Å². The second kappa shape index (κ2) is 6.18. The Bertz CT molecular complexity index is 534. The van der Waals surface area contributed by atoms with Crippen LogP contribution in [0.1, 0.15) is 48.1 Å². The summed E-state index contributed by atoms with van der Waals surface area (Å²) in [6, 6.07) is 11.5. The zero-order valence-electron chi connectivity index (χ0n) is 11.2.